The first kappa shape index (κ1) is 22.0. The number of nitrogens with one attached hydrogen (secondary N) is 1. The van der Waals surface area contributed by atoms with Crippen LogP contribution in [0.25, 0.3) is 0 Å². The van der Waals surface area contributed by atoms with Gasteiger partial charge in [-0.2, -0.15) is 0 Å². The maximum Gasteiger partial charge on any atom is 0.269 e. The van der Waals surface area contributed by atoms with E-state index in [0.29, 0.717) is 4.31 Å². The molecular formula is C20H20BrN3O5S. The molecule has 8 nitrogen and oxygen atoms in total. The van der Waals surface area contributed by atoms with Gasteiger partial charge in [0.05, 0.1) is 5.56 Å². The Morgan fingerprint density at radius 1 is 1.17 bits per heavy atom. The van der Waals surface area contributed by atoms with E-state index in [2.05, 4.69) is 21.2 Å². The summed E-state index contributed by atoms with van der Waals surface area (Å²) in [7, 11) is -2.68. The Balaban J connectivity index is 1.90. The largest absolute Gasteiger partial charge is 0.357 e. The summed E-state index contributed by atoms with van der Waals surface area (Å²) in [6.45, 7) is 0.927. The zero-order chi connectivity index (χ0) is 22.1. The van der Waals surface area contributed by atoms with Crippen molar-refractivity contribution in [3.8, 4) is 0 Å². The van der Waals surface area contributed by atoms with Crippen LogP contribution < -0.4 is 5.32 Å². The van der Waals surface area contributed by atoms with Crippen LogP contribution in [0, 0.1) is 0 Å². The molecular weight excluding hydrogens is 474 g/mol. The van der Waals surface area contributed by atoms with Crippen molar-refractivity contribution >= 4 is 43.7 Å². The lowest BCUT2D eigenvalue weighted by Gasteiger charge is -2.29. The first-order valence-electron chi connectivity index (χ1n) is 9.08. The van der Waals surface area contributed by atoms with E-state index in [1.807, 2.05) is 6.07 Å². The molecule has 2 aromatic carbocycles. The summed E-state index contributed by atoms with van der Waals surface area (Å²) >= 11 is 3.36. The van der Waals surface area contributed by atoms with Crippen molar-refractivity contribution in [2.24, 2.45) is 0 Å². The third-order valence-electron chi connectivity index (χ3n) is 4.85. The molecule has 10 heteroatoms. The van der Waals surface area contributed by atoms with Gasteiger partial charge in [0.15, 0.2) is 0 Å². The second-order valence-corrected chi connectivity index (χ2v) is 9.50. The highest BCUT2D eigenvalue weighted by molar-refractivity contribution is 9.10. The molecule has 30 heavy (non-hydrogen) atoms. The van der Waals surface area contributed by atoms with Gasteiger partial charge in [0.1, 0.15) is 17.5 Å². The molecule has 3 rings (SSSR count). The van der Waals surface area contributed by atoms with Crippen molar-refractivity contribution in [1.82, 2.24) is 14.5 Å². The van der Waals surface area contributed by atoms with Gasteiger partial charge in [-0.05, 0) is 36.8 Å². The monoisotopic (exact) mass is 493 g/mol. The van der Waals surface area contributed by atoms with Gasteiger partial charge < -0.3 is 10.2 Å². The fraction of sp³-hybridized carbons (Fsp3) is 0.250. The molecule has 0 saturated heterocycles. The van der Waals surface area contributed by atoms with Crippen molar-refractivity contribution in [2.75, 3.05) is 13.6 Å². The minimum absolute atomic E-state index is 0.0307. The lowest BCUT2D eigenvalue weighted by Crippen LogP contribution is -2.50. The van der Waals surface area contributed by atoms with E-state index in [-0.39, 0.29) is 17.0 Å². The highest BCUT2D eigenvalue weighted by Gasteiger charge is 2.43. The molecule has 0 unspecified atom stereocenters. The van der Waals surface area contributed by atoms with Crippen LogP contribution in [0.4, 0.5) is 0 Å². The maximum atomic E-state index is 13.1. The van der Waals surface area contributed by atoms with Crippen LogP contribution in [0.5, 0.6) is 0 Å². The van der Waals surface area contributed by atoms with Gasteiger partial charge in [-0.3, -0.25) is 14.4 Å². The molecule has 2 aromatic rings. The number of benzene rings is 2. The molecule has 0 bridgehead atoms. The minimum Gasteiger partial charge on any atom is -0.357 e. The predicted octanol–water partition coefficient (Wildman–Crippen LogP) is 1.76. The average molecular weight is 494 g/mol. The molecule has 1 aliphatic rings. The van der Waals surface area contributed by atoms with Gasteiger partial charge in [-0.1, -0.05) is 40.2 Å². The first-order chi connectivity index (χ1) is 14.2. The highest BCUT2D eigenvalue weighted by Crippen LogP contribution is 2.30. The second-order valence-electron chi connectivity index (χ2n) is 6.75. The van der Waals surface area contributed by atoms with E-state index in [1.165, 1.54) is 30.1 Å². The number of rotatable bonds is 6. The molecule has 0 aromatic heterocycles. The first-order valence-corrected chi connectivity index (χ1v) is 11.3. The van der Waals surface area contributed by atoms with Crippen LogP contribution >= 0.6 is 15.9 Å². The van der Waals surface area contributed by atoms with E-state index in [9.17, 15) is 22.8 Å². The Morgan fingerprint density at radius 2 is 1.87 bits per heavy atom. The highest BCUT2D eigenvalue weighted by atomic mass is 79.9. The molecule has 0 spiro atoms. The lowest BCUT2D eigenvalue weighted by molar-refractivity contribution is -0.140. The second kappa shape index (κ2) is 8.57. The quantitative estimate of drug-likeness (QED) is 0.659. The van der Waals surface area contributed by atoms with Crippen LogP contribution in [0.3, 0.4) is 0 Å². The van der Waals surface area contributed by atoms with Crippen molar-refractivity contribution < 1.29 is 22.8 Å². The molecule has 0 aliphatic carbocycles. The summed E-state index contributed by atoms with van der Waals surface area (Å²) in [4.78, 5) is 39.1. The van der Waals surface area contributed by atoms with Gasteiger partial charge in [-0.15, -0.1) is 0 Å². The molecule has 1 aliphatic heterocycles. The van der Waals surface area contributed by atoms with Gasteiger partial charge in [0, 0.05) is 18.1 Å². The normalized spacial score (nSPS) is 15.4. The standard InChI is InChI=1S/C20H20BrN3O5S/c1-13(19(26)22-2)23(11-14-6-5-7-15(21)10-14)18(25)12-24-20(27)16-8-3-4-9-17(16)30(24,28)29/h3-10,13H,11-12H2,1-2H3,(H,22,26)/t13-/m0/s1. The van der Waals surface area contributed by atoms with Gasteiger partial charge in [0.2, 0.25) is 11.8 Å². The predicted molar refractivity (Wildman–Crippen MR) is 113 cm³/mol. The molecule has 0 radical (unpaired) electrons. The van der Waals surface area contributed by atoms with Crippen LogP contribution in [0.15, 0.2) is 57.9 Å². The maximum absolute atomic E-state index is 13.1. The molecule has 1 atom stereocenters. The number of hydrogen-bond donors (Lipinski definition) is 1. The third-order valence-corrected chi connectivity index (χ3v) is 7.13. The molecule has 1 N–H and O–H groups in total. The number of amides is 3. The Hall–Kier alpha value is -2.72. The zero-order valence-corrected chi connectivity index (χ0v) is 18.7. The number of hydrogen-bond acceptors (Lipinski definition) is 5. The number of sulfonamides is 1. The van der Waals surface area contributed by atoms with E-state index >= 15 is 0 Å². The molecule has 0 saturated carbocycles. The Kier molecular flexibility index (Phi) is 6.27. The van der Waals surface area contributed by atoms with Crippen LogP contribution in [0.2, 0.25) is 0 Å². The molecule has 1 heterocycles. The Morgan fingerprint density at radius 3 is 2.50 bits per heavy atom. The number of fused-ring (bicyclic) bond motifs is 1. The van der Waals surface area contributed by atoms with Crippen molar-refractivity contribution in [3.05, 3.63) is 64.1 Å². The van der Waals surface area contributed by atoms with Crippen molar-refractivity contribution in [3.63, 3.8) is 0 Å². The van der Waals surface area contributed by atoms with E-state index in [1.54, 1.807) is 31.2 Å². The molecule has 0 fully saturated rings. The smallest absolute Gasteiger partial charge is 0.269 e. The lowest BCUT2D eigenvalue weighted by atomic mass is 10.1. The SMILES string of the molecule is CNC(=O)[C@H](C)N(Cc1cccc(Br)c1)C(=O)CN1C(=O)c2ccccc2S1(=O)=O. The van der Waals surface area contributed by atoms with Crippen LogP contribution in [0.1, 0.15) is 22.8 Å². The van der Waals surface area contributed by atoms with Gasteiger partial charge >= 0.3 is 0 Å². The zero-order valence-electron chi connectivity index (χ0n) is 16.3. The number of carbonyl (C=O) groups is 3. The summed E-state index contributed by atoms with van der Waals surface area (Å²) in [5, 5.41) is 2.49. The summed E-state index contributed by atoms with van der Waals surface area (Å²) < 4.78 is 26.9. The van der Waals surface area contributed by atoms with Crippen LogP contribution in [-0.2, 0) is 26.2 Å². The summed E-state index contributed by atoms with van der Waals surface area (Å²) in [6.07, 6.45) is 0. The van der Waals surface area contributed by atoms with Crippen LogP contribution in [-0.4, -0.2) is 55.0 Å². The van der Waals surface area contributed by atoms with E-state index in [0.717, 1.165) is 10.0 Å². The number of carbonyl (C=O) groups excluding carboxylic acids is 3. The van der Waals surface area contributed by atoms with Crippen molar-refractivity contribution in [2.45, 2.75) is 24.4 Å². The summed E-state index contributed by atoms with van der Waals surface area (Å²) in [5.74, 6) is -1.82. The summed E-state index contributed by atoms with van der Waals surface area (Å²) in [5.41, 5.74) is 0.774. The van der Waals surface area contributed by atoms with E-state index in [4.69, 9.17) is 0 Å². The Labute approximate surface area is 183 Å². The average Bonchev–Trinajstić information content (AvgIpc) is 2.92. The molecule has 158 valence electrons. The molecule has 3 amide bonds. The van der Waals surface area contributed by atoms with E-state index < -0.39 is 40.3 Å². The van der Waals surface area contributed by atoms with Crippen molar-refractivity contribution in [1.29, 1.82) is 0 Å². The topological polar surface area (TPSA) is 104 Å². The number of halogens is 1. The number of likely N-dealkylation sites (N-methyl/N-ethyl adjacent to an activating group) is 1. The van der Waals surface area contributed by atoms with Gasteiger partial charge in [0.25, 0.3) is 15.9 Å². The number of nitrogens with zero attached hydrogens (tertiary/aromatic N) is 2. The minimum atomic E-state index is -4.13. The van der Waals surface area contributed by atoms with Gasteiger partial charge in [-0.25, -0.2) is 12.7 Å². The Bertz CT molecular complexity index is 1120. The fourth-order valence-corrected chi connectivity index (χ4v) is 5.19. The summed E-state index contributed by atoms with van der Waals surface area (Å²) in [6, 6.07) is 12.1. The third kappa shape index (κ3) is 4.10. The fourth-order valence-electron chi connectivity index (χ4n) is 3.22.